The fraction of sp³-hybridized carbons (Fsp3) is 0. The minimum absolute atomic E-state index is 0.340. The maximum atomic E-state index is 12.1. The van der Waals surface area contributed by atoms with E-state index in [1.54, 1.807) is 0 Å². The molecule has 26 heavy (non-hydrogen) atoms. The smallest absolute Gasteiger partial charge is 0.338 e. The van der Waals surface area contributed by atoms with Crippen LogP contribution < -0.4 is 0 Å². The lowest BCUT2D eigenvalue weighted by molar-refractivity contribution is 0.0700. The van der Waals surface area contributed by atoms with Crippen LogP contribution in [0.2, 0.25) is 0 Å². The van der Waals surface area contributed by atoms with E-state index in [1.807, 2.05) is 59.3 Å². The zero-order chi connectivity index (χ0) is 17.7. The Hall–Kier alpha value is -3.59. The molecule has 2 heterocycles. The molecule has 0 spiro atoms. The summed E-state index contributed by atoms with van der Waals surface area (Å²) in [7, 11) is 0. The Morgan fingerprint density at radius 2 is 1.42 bits per heavy atom. The Balaban J connectivity index is 2.03. The molecule has 0 aliphatic carbocycles. The first kappa shape index (κ1) is 14.7. The maximum absolute atomic E-state index is 12.1. The average Bonchev–Trinajstić information content (AvgIpc) is 3.05. The van der Waals surface area contributed by atoms with Gasteiger partial charge in [-0.15, -0.1) is 0 Å². The summed E-state index contributed by atoms with van der Waals surface area (Å²) in [6.07, 6.45) is 3.81. The van der Waals surface area contributed by atoms with Crippen molar-refractivity contribution in [1.82, 2.24) is 4.40 Å². The van der Waals surface area contributed by atoms with Crippen LogP contribution >= 0.6 is 0 Å². The number of carboxylic acids is 1. The van der Waals surface area contributed by atoms with E-state index in [9.17, 15) is 9.90 Å². The molecule has 5 rings (SSSR count). The summed E-state index contributed by atoms with van der Waals surface area (Å²) in [6, 6.07) is 24.1. The highest BCUT2D eigenvalue weighted by molar-refractivity contribution is 6.17. The summed E-state index contributed by atoms with van der Waals surface area (Å²) in [5.41, 5.74) is 2.76. The summed E-state index contributed by atoms with van der Waals surface area (Å²) >= 11 is 0. The molecule has 0 aliphatic rings. The van der Waals surface area contributed by atoms with Gasteiger partial charge in [-0.1, -0.05) is 54.6 Å². The molecule has 0 radical (unpaired) electrons. The van der Waals surface area contributed by atoms with Gasteiger partial charge in [0, 0.05) is 18.0 Å². The molecular formula is C23H15NO2. The minimum Gasteiger partial charge on any atom is -0.478 e. The molecule has 0 saturated carbocycles. The monoisotopic (exact) mass is 337 g/mol. The fourth-order valence-electron chi connectivity index (χ4n) is 3.84. The quantitative estimate of drug-likeness (QED) is 0.425. The van der Waals surface area contributed by atoms with Gasteiger partial charge < -0.3 is 9.51 Å². The lowest BCUT2D eigenvalue weighted by Gasteiger charge is -2.11. The summed E-state index contributed by atoms with van der Waals surface area (Å²) < 4.78 is 1.88. The van der Waals surface area contributed by atoms with Gasteiger partial charge in [0.25, 0.3) is 0 Å². The van der Waals surface area contributed by atoms with Crippen molar-refractivity contribution in [2.45, 2.75) is 0 Å². The number of carbonyl (C=O) groups is 1. The third-order valence-electron chi connectivity index (χ3n) is 4.94. The van der Waals surface area contributed by atoms with Crippen molar-refractivity contribution in [2.24, 2.45) is 0 Å². The van der Waals surface area contributed by atoms with E-state index >= 15 is 0 Å². The van der Waals surface area contributed by atoms with E-state index in [0.717, 1.165) is 32.7 Å². The topological polar surface area (TPSA) is 41.7 Å². The van der Waals surface area contributed by atoms with Gasteiger partial charge in [0.15, 0.2) is 0 Å². The van der Waals surface area contributed by atoms with E-state index < -0.39 is 5.97 Å². The van der Waals surface area contributed by atoms with E-state index in [-0.39, 0.29) is 0 Å². The Kier molecular flexibility index (Phi) is 3.09. The van der Waals surface area contributed by atoms with E-state index in [0.29, 0.717) is 11.1 Å². The van der Waals surface area contributed by atoms with Crippen LogP contribution in [0.25, 0.3) is 38.2 Å². The summed E-state index contributed by atoms with van der Waals surface area (Å²) in [5, 5.41) is 14.3. The Morgan fingerprint density at radius 3 is 2.08 bits per heavy atom. The van der Waals surface area contributed by atoms with E-state index in [2.05, 4.69) is 30.3 Å². The number of carboxylic acid groups (broad SMARTS) is 1. The molecule has 124 valence electrons. The molecule has 0 aliphatic heterocycles. The van der Waals surface area contributed by atoms with Crippen LogP contribution in [0.3, 0.4) is 0 Å². The van der Waals surface area contributed by atoms with Crippen LogP contribution in [-0.4, -0.2) is 15.5 Å². The number of hydrogen-bond acceptors (Lipinski definition) is 1. The Morgan fingerprint density at radius 1 is 0.808 bits per heavy atom. The van der Waals surface area contributed by atoms with Gasteiger partial charge in [-0.05, 0) is 45.3 Å². The predicted molar refractivity (Wildman–Crippen MR) is 105 cm³/mol. The summed E-state index contributed by atoms with van der Waals surface area (Å²) in [6.45, 7) is 0. The lowest BCUT2D eigenvalue weighted by atomic mass is 9.91. The van der Waals surface area contributed by atoms with Crippen molar-refractivity contribution >= 4 is 33.0 Å². The molecule has 0 amide bonds. The van der Waals surface area contributed by atoms with Gasteiger partial charge in [-0.2, -0.15) is 0 Å². The number of pyridine rings is 1. The molecular weight excluding hydrogens is 322 g/mol. The van der Waals surface area contributed by atoms with Crippen LogP contribution in [0.4, 0.5) is 0 Å². The van der Waals surface area contributed by atoms with Gasteiger partial charge in [-0.3, -0.25) is 0 Å². The SMILES string of the molecule is O=C(O)c1c(-c2c3ccccc3cc3ccccc23)cn2ccccc12. The van der Waals surface area contributed by atoms with Crippen LogP contribution in [0.5, 0.6) is 0 Å². The number of nitrogens with zero attached hydrogens (tertiary/aromatic N) is 1. The molecule has 1 N–H and O–H groups in total. The number of benzene rings is 3. The lowest BCUT2D eigenvalue weighted by Crippen LogP contribution is -1.98. The van der Waals surface area contributed by atoms with Crippen molar-refractivity contribution in [3.05, 3.63) is 90.8 Å². The largest absolute Gasteiger partial charge is 0.478 e. The minimum atomic E-state index is -0.911. The van der Waals surface area contributed by atoms with Crippen molar-refractivity contribution in [3.63, 3.8) is 0 Å². The zero-order valence-electron chi connectivity index (χ0n) is 13.9. The van der Waals surface area contributed by atoms with Gasteiger partial charge in [0.1, 0.15) is 0 Å². The molecule has 3 heteroatoms. The third kappa shape index (κ3) is 2.04. The first-order valence-electron chi connectivity index (χ1n) is 8.48. The standard InChI is InChI=1S/C23H15NO2/c25-23(26)22-19(14-24-12-6-5-11-20(22)24)21-17-9-3-1-7-15(17)13-16-8-2-4-10-18(16)21/h1-14H,(H,25,26). The number of fused-ring (bicyclic) bond motifs is 3. The first-order valence-corrected chi connectivity index (χ1v) is 8.48. The predicted octanol–water partition coefficient (Wildman–Crippen LogP) is 5.61. The number of aromatic nitrogens is 1. The van der Waals surface area contributed by atoms with Crippen LogP contribution in [0.1, 0.15) is 10.4 Å². The van der Waals surface area contributed by atoms with Gasteiger partial charge >= 0.3 is 5.97 Å². The second-order valence-electron chi connectivity index (χ2n) is 6.41. The molecule has 0 bridgehead atoms. The molecule has 5 aromatic rings. The van der Waals surface area contributed by atoms with Crippen LogP contribution in [-0.2, 0) is 0 Å². The molecule has 0 atom stereocenters. The van der Waals surface area contributed by atoms with Crippen molar-refractivity contribution in [3.8, 4) is 11.1 Å². The van der Waals surface area contributed by atoms with Crippen LogP contribution in [0, 0.1) is 0 Å². The molecule has 2 aromatic heterocycles. The first-order chi connectivity index (χ1) is 12.7. The Labute approximate surface area is 149 Å². The number of hydrogen-bond donors (Lipinski definition) is 1. The van der Waals surface area contributed by atoms with E-state index in [1.165, 1.54) is 0 Å². The second-order valence-corrected chi connectivity index (χ2v) is 6.41. The normalized spacial score (nSPS) is 11.4. The molecule has 0 unspecified atom stereocenters. The molecule has 3 nitrogen and oxygen atoms in total. The van der Waals surface area contributed by atoms with E-state index in [4.69, 9.17) is 0 Å². The second kappa shape index (κ2) is 5.46. The highest BCUT2D eigenvalue weighted by Crippen LogP contribution is 2.39. The zero-order valence-corrected chi connectivity index (χ0v) is 13.9. The molecule has 3 aromatic carbocycles. The van der Waals surface area contributed by atoms with Gasteiger partial charge in [-0.25, -0.2) is 4.79 Å². The van der Waals surface area contributed by atoms with Gasteiger partial charge in [0.05, 0.1) is 11.1 Å². The molecule has 0 fully saturated rings. The van der Waals surface area contributed by atoms with Crippen molar-refractivity contribution < 1.29 is 9.90 Å². The van der Waals surface area contributed by atoms with Crippen molar-refractivity contribution in [1.29, 1.82) is 0 Å². The highest BCUT2D eigenvalue weighted by atomic mass is 16.4. The summed E-state index contributed by atoms with van der Waals surface area (Å²) in [4.78, 5) is 12.1. The Bertz CT molecular complexity index is 1260. The number of aromatic carboxylic acids is 1. The summed E-state index contributed by atoms with van der Waals surface area (Å²) in [5.74, 6) is -0.911. The number of rotatable bonds is 2. The third-order valence-corrected chi connectivity index (χ3v) is 4.94. The maximum Gasteiger partial charge on any atom is 0.338 e. The van der Waals surface area contributed by atoms with Crippen LogP contribution in [0.15, 0.2) is 85.2 Å². The highest BCUT2D eigenvalue weighted by Gasteiger charge is 2.21. The molecule has 0 saturated heterocycles. The van der Waals surface area contributed by atoms with Crippen molar-refractivity contribution in [2.75, 3.05) is 0 Å². The van der Waals surface area contributed by atoms with Gasteiger partial charge in [0.2, 0.25) is 0 Å². The fourth-order valence-corrected chi connectivity index (χ4v) is 3.84. The average molecular weight is 337 g/mol.